The highest BCUT2D eigenvalue weighted by Gasteiger charge is 2.42. The van der Waals surface area contributed by atoms with Gasteiger partial charge in [0.05, 0.1) is 17.5 Å². The monoisotopic (exact) mass is 730 g/mol. The van der Waals surface area contributed by atoms with E-state index >= 15 is 0 Å². The molecule has 0 saturated carbocycles. The fourth-order valence-corrected chi connectivity index (χ4v) is 6.43. The average molecular weight is 731 g/mol. The second-order valence-corrected chi connectivity index (χ2v) is 15.5. The topological polar surface area (TPSA) is 154 Å². The number of benzene rings is 2. The lowest BCUT2D eigenvalue weighted by Crippen LogP contribution is -2.55. The van der Waals surface area contributed by atoms with Gasteiger partial charge in [0.2, 0.25) is 11.8 Å². The quantitative estimate of drug-likeness (QED) is 0.190. The summed E-state index contributed by atoms with van der Waals surface area (Å²) in [4.78, 5) is 67.4. The van der Waals surface area contributed by atoms with Crippen LogP contribution in [-0.2, 0) is 38.7 Å². The van der Waals surface area contributed by atoms with Gasteiger partial charge in [-0.2, -0.15) is 0 Å². The van der Waals surface area contributed by atoms with E-state index in [-0.39, 0.29) is 44.7 Å². The van der Waals surface area contributed by atoms with Crippen LogP contribution in [0.25, 0.3) is 0 Å². The molecule has 286 valence electrons. The third-order valence-corrected chi connectivity index (χ3v) is 8.86. The summed E-state index contributed by atoms with van der Waals surface area (Å²) in [5.41, 5.74) is 0.396. The largest absolute Gasteiger partial charge is 0.444 e. The summed E-state index contributed by atoms with van der Waals surface area (Å²) in [6.45, 7) is 11.4. The summed E-state index contributed by atoms with van der Waals surface area (Å²) in [5, 5.41) is 16.9. The molecule has 1 fully saturated rings. The van der Waals surface area contributed by atoms with Gasteiger partial charge >= 0.3 is 12.1 Å². The Morgan fingerprint density at radius 2 is 1.57 bits per heavy atom. The SMILES string of the molecule is CN(Cc1ccccc1CN(CC(=O)NC(C)(C)Cc1cccnc1NCO)C(=O)C1(C)CCCN(OC(=O)c2ccccc2)C1)C(=O)OC(C)(C)C. The molecule has 13 heteroatoms. The highest BCUT2D eigenvalue weighted by Crippen LogP contribution is 2.33. The van der Waals surface area contributed by atoms with Crippen molar-refractivity contribution in [1.82, 2.24) is 25.2 Å². The molecule has 0 spiro atoms. The van der Waals surface area contributed by atoms with Crippen LogP contribution in [0, 0.1) is 5.41 Å². The van der Waals surface area contributed by atoms with E-state index in [2.05, 4.69) is 15.6 Å². The number of piperidine rings is 1. The number of aromatic nitrogens is 1. The molecule has 3 N–H and O–H groups in total. The molecule has 0 aliphatic carbocycles. The normalized spacial score (nSPS) is 16.3. The van der Waals surface area contributed by atoms with Crippen molar-refractivity contribution in [2.24, 2.45) is 5.41 Å². The molecule has 1 unspecified atom stereocenters. The first-order chi connectivity index (χ1) is 25.0. The second kappa shape index (κ2) is 17.7. The van der Waals surface area contributed by atoms with Gasteiger partial charge in [0.25, 0.3) is 0 Å². The minimum absolute atomic E-state index is 0.0948. The van der Waals surface area contributed by atoms with Gasteiger partial charge in [0.15, 0.2) is 0 Å². The number of anilines is 1. The number of aliphatic hydroxyl groups excluding tert-OH is 1. The maximum absolute atomic E-state index is 14.7. The first-order valence-electron chi connectivity index (χ1n) is 17.9. The number of rotatable bonds is 14. The summed E-state index contributed by atoms with van der Waals surface area (Å²) >= 11 is 0. The Labute approximate surface area is 312 Å². The van der Waals surface area contributed by atoms with Crippen molar-refractivity contribution in [3.05, 3.63) is 95.2 Å². The minimum Gasteiger partial charge on any atom is -0.444 e. The van der Waals surface area contributed by atoms with E-state index < -0.39 is 28.6 Å². The number of ether oxygens (including phenoxy) is 1. The molecule has 1 aliphatic rings. The second-order valence-electron chi connectivity index (χ2n) is 15.5. The molecule has 1 aliphatic heterocycles. The van der Waals surface area contributed by atoms with Gasteiger partial charge in [-0.3, -0.25) is 9.59 Å². The van der Waals surface area contributed by atoms with E-state index in [1.807, 2.05) is 57.2 Å². The summed E-state index contributed by atoms with van der Waals surface area (Å²) in [6, 6.07) is 19.8. The number of aliphatic hydroxyl groups is 1. The van der Waals surface area contributed by atoms with E-state index in [0.29, 0.717) is 37.2 Å². The van der Waals surface area contributed by atoms with Crippen molar-refractivity contribution >= 4 is 29.7 Å². The number of carbonyl (C=O) groups excluding carboxylic acids is 4. The van der Waals surface area contributed by atoms with Gasteiger partial charge in [0, 0.05) is 45.0 Å². The molecule has 0 bridgehead atoms. The number of hydroxylamine groups is 2. The minimum atomic E-state index is -0.978. The Kier molecular flexibility index (Phi) is 13.6. The first-order valence-corrected chi connectivity index (χ1v) is 17.9. The number of nitrogens with one attached hydrogen (secondary N) is 2. The number of nitrogens with zero attached hydrogens (tertiary/aromatic N) is 4. The maximum atomic E-state index is 14.7. The molecule has 1 saturated heterocycles. The number of pyridine rings is 1. The van der Waals surface area contributed by atoms with Gasteiger partial charge in [-0.05, 0) is 95.7 Å². The Hall–Kier alpha value is -5.01. The van der Waals surface area contributed by atoms with Gasteiger partial charge < -0.3 is 35.1 Å². The van der Waals surface area contributed by atoms with Crippen LogP contribution in [0.15, 0.2) is 72.9 Å². The van der Waals surface area contributed by atoms with Crippen molar-refractivity contribution < 1.29 is 33.9 Å². The van der Waals surface area contributed by atoms with E-state index in [9.17, 15) is 24.3 Å². The highest BCUT2D eigenvalue weighted by atomic mass is 16.7. The van der Waals surface area contributed by atoms with Crippen molar-refractivity contribution in [3.8, 4) is 0 Å². The van der Waals surface area contributed by atoms with Crippen LogP contribution in [0.4, 0.5) is 10.6 Å². The van der Waals surface area contributed by atoms with E-state index in [4.69, 9.17) is 9.57 Å². The van der Waals surface area contributed by atoms with Crippen LogP contribution < -0.4 is 10.6 Å². The smallest absolute Gasteiger partial charge is 0.410 e. The van der Waals surface area contributed by atoms with E-state index in [0.717, 1.165) is 16.7 Å². The van der Waals surface area contributed by atoms with Crippen LogP contribution in [0.3, 0.4) is 0 Å². The Bertz CT molecular complexity index is 1730. The molecular formula is C40H54N6O7. The summed E-state index contributed by atoms with van der Waals surface area (Å²) in [6.07, 6.45) is 2.67. The van der Waals surface area contributed by atoms with Gasteiger partial charge in [0.1, 0.15) is 18.1 Å². The van der Waals surface area contributed by atoms with Crippen LogP contribution in [0.1, 0.15) is 81.4 Å². The average Bonchev–Trinajstić information content (AvgIpc) is 3.08. The zero-order chi connectivity index (χ0) is 38.8. The fourth-order valence-electron chi connectivity index (χ4n) is 6.43. The predicted molar refractivity (Wildman–Crippen MR) is 201 cm³/mol. The van der Waals surface area contributed by atoms with Gasteiger partial charge in [-0.15, -0.1) is 5.06 Å². The zero-order valence-corrected chi connectivity index (χ0v) is 32.0. The molecular weight excluding hydrogens is 676 g/mol. The Balaban J connectivity index is 1.58. The lowest BCUT2D eigenvalue weighted by molar-refractivity contribution is -0.169. The van der Waals surface area contributed by atoms with Gasteiger partial charge in [-0.25, -0.2) is 14.6 Å². The van der Waals surface area contributed by atoms with E-state index in [1.54, 1.807) is 69.2 Å². The van der Waals surface area contributed by atoms with E-state index in [1.165, 1.54) is 9.96 Å². The van der Waals surface area contributed by atoms with Crippen LogP contribution in [-0.4, -0.2) is 93.4 Å². The summed E-state index contributed by atoms with van der Waals surface area (Å²) < 4.78 is 5.56. The molecule has 2 aromatic carbocycles. The third kappa shape index (κ3) is 12.0. The standard InChI is InChI=1S/C40H54N6O7/c1-38(2,3)52-37(51)44(7)24-31-17-11-12-18-32(31)25-45(26-33(48)43-39(4,5)23-30-19-13-21-41-34(30)42-28-47)36(50)40(6)20-14-22-46(27-40)53-35(49)29-15-9-8-10-16-29/h8-13,15-19,21,47H,14,20,22-28H2,1-7H3,(H,41,42)(H,43,48). The first kappa shape index (κ1) is 40.8. The van der Waals surface area contributed by atoms with Crippen molar-refractivity contribution in [1.29, 1.82) is 0 Å². The maximum Gasteiger partial charge on any atom is 0.410 e. The van der Waals surface area contributed by atoms with Crippen molar-refractivity contribution in [2.45, 2.75) is 85.0 Å². The number of carbonyl (C=O) groups is 4. The molecule has 13 nitrogen and oxygen atoms in total. The number of hydrogen-bond donors (Lipinski definition) is 3. The molecule has 1 aromatic heterocycles. The third-order valence-electron chi connectivity index (χ3n) is 8.86. The molecule has 2 heterocycles. The van der Waals surface area contributed by atoms with Crippen molar-refractivity contribution in [2.75, 3.05) is 38.7 Å². The molecule has 0 radical (unpaired) electrons. The highest BCUT2D eigenvalue weighted by molar-refractivity contribution is 5.90. The lowest BCUT2D eigenvalue weighted by atomic mass is 9.81. The van der Waals surface area contributed by atoms with Crippen LogP contribution in [0.5, 0.6) is 0 Å². The molecule has 3 amide bonds. The number of amides is 3. The summed E-state index contributed by atoms with van der Waals surface area (Å²) in [5.74, 6) is -0.610. The molecule has 4 rings (SSSR count). The van der Waals surface area contributed by atoms with Crippen LogP contribution in [0.2, 0.25) is 0 Å². The predicted octanol–water partition coefficient (Wildman–Crippen LogP) is 5.15. The zero-order valence-electron chi connectivity index (χ0n) is 32.0. The fraction of sp³-hybridized carbons (Fsp3) is 0.475. The Morgan fingerprint density at radius 1 is 0.925 bits per heavy atom. The van der Waals surface area contributed by atoms with Gasteiger partial charge in [-0.1, -0.05) is 48.5 Å². The van der Waals surface area contributed by atoms with Crippen molar-refractivity contribution in [3.63, 3.8) is 0 Å². The van der Waals surface area contributed by atoms with Crippen LogP contribution >= 0.6 is 0 Å². The Morgan fingerprint density at radius 3 is 2.23 bits per heavy atom. The molecule has 53 heavy (non-hydrogen) atoms. The summed E-state index contributed by atoms with van der Waals surface area (Å²) in [7, 11) is 1.65. The molecule has 1 atom stereocenters. The lowest BCUT2D eigenvalue weighted by Gasteiger charge is -2.41. The number of hydrogen-bond acceptors (Lipinski definition) is 10. The molecule has 3 aromatic rings.